The Morgan fingerprint density at radius 2 is 2.00 bits per heavy atom. The molecule has 1 aliphatic carbocycles. The van der Waals surface area contributed by atoms with Crippen molar-refractivity contribution in [2.24, 2.45) is 0 Å². The number of halogens is 2. The smallest absolute Gasteiger partial charge is 0.274 e. The van der Waals surface area contributed by atoms with E-state index in [2.05, 4.69) is 20.9 Å². The highest BCUT2D eigenvalue weighted by molar-refractivity contribution is 9.10. The molecule has 1 aromatic heterocycles. The molecule has 1 heterocycles. The van der Waals surface area contributed by atoms with Crippen LogP contribution in [0.25, 0.3) is 0 Å². The summed E-state index contributed by atoms with van der Waals surface area (Å²) in [5, 5.41) is 0. The molecule has 3 nitrogen and oxygen atoms in total. The summed E-state index contributed by atoms with van der Waals surface area (Å²) in [5.74, 6) is -0.357. The average molecular weight is 349 g/mol. The Morgan fingerprint density at radius 1 is 1.29 bits per heavy atom. The van der Waals surface area contributed by atoms with E-state index in [1.165, 1.54) is 12.1 Å². The van der Waals surface area contributed by atoms with Gasteiger partial charge in [0, 0.05) is 23.3 Å². The number of amides is 1. The second-order valence-electron chi connectivity index (χ2n) is 5.12. The lowest BCUT2D eigenvalue weighted by Crippen LogP contribution is -2.33. The largest absolute Gasteiger partial charge is 0.330 e. The van der Waals surface area contributed by atoms with Crippen molar-refractivity contribution in [1.29, 1.82) is 0 Å². The second kappa shape index (κ2) is 5.93. The number of aromatic nitrogens is 1. The van der Waals surface area contributed by atoms with Crippen LogP contribution in [-0.2, 0) is 6.54 Å². The highest BCUT2D eigenvalue weighted by Crippen LogP contribution is 2.30. The minimum atomic E-state index is -0.268. The first-order valence-electron chi connectivity index (χ1n) is 6.81. The van der Waals surface area contributed by atoms with E-state index in [-0.39, 0.29) is 17.8 Å². The molecule has 1 aromatic carbocycles. The predicted molar refractivity (Wildman–Crippen MR) is 81.2 cm³/mol. The number of pyridine rings is 1. The van der Waals surface area contributed by atoms with Crippen LogP contribution in [0.1, 0.15) is 28.9 Å². The van der Waals surface area contributed by atoms with Gasteiger partial charge in [0.1, 0.15) is 11.5 Å². The van der Waals surface area contributed by atoms with Crippen LogP contribution >= 0.6 is 15.9 Å². The normalized spacial score (nSPS) is 14.0. The number of carbonyl (C=O) groups is 1. The fraction of sp³-hybridized carbons (Fsp3) is 0.250. The molecule has 108 valence electrons. The quantitative estimate of drug-likeness (QED) is 0.842. The van der Waals surface area contributed by atoms with Crippen molar-refractivity contribution in [2.45, 2.75) is 25.4 Å². The van der Waals surface area contributed by atoms with E-state index in [0.29, 0.717) is 16.7 Å². The van der Waals surface area contributed by atoms with Gasteiger partial charge in [-0.2, -0.15) is 0 Å². The van der Waals surface area contributed by atoms with Crippen molar-refractivity contribution in [3.8, 4) is 0 Å². The first-order valence-corrected chi connectivity index (χ1v) is 7.60. The molecular formula is C16H14BrFN2O. The molecule has 1 fully saturated rings. The Balaban J connectivity index is 1.83. The van der Waals surface area contributed by atoms with Crippen molar-refractivity contribution < 1.29 is 9.18 Å². The van der Waals surface area contributed by atoms with Gasteiger partial charge in [-0.25, -0.2) is 9.37 Å². The Kier molecular flexibility index (Phi) is 4.01. The van der Waals surface area contributed by atoms with Crippen molar-refractivity contribution in [3.63, 3.8) is 0 Å². The van der Waals surface area contributed by atoms with Crippen LogP contribution in [-0.4, -0.2) is 21.8 Å². The third-order valence-corrected chi connectivity index (χ3v) is 4.12. The highest BCUT2D eigenvalue weighted by atomic mass is 79.9. The number of carbonyl (C=O) groups excluding carboxylic acids is 1. The van der Waals surface area contributed by atoms with Crippen LogP contribution in [0.5, 0.6) is 0 Å². The van der Waals surface area contributed by atoms with Crippen molar-refractivity contribution in [2.75, 3.05) is 0 Å². The van der Waals surface area contributed by atoms with Crippen LogP contribution in [0.4, 0.5) is 4.39 Å². The number of benzene rings is 1. The zero-order valence-electron chi connectivity index (χ0n) is 11.3. The summed E-state index contributed by atoms with van der Waals surface area (Å²) >= 11 is 3.37. The standard InChI is InChI=1S/C16H14BrFN2O/c17-14-2-1-9-19-15(14)16(21)20(13-7-8-13)10-11-3-5-12(18)6-4-11/h1-6,9,13H,7-8,10H2. The monoisotopic (exact) mass is 348 g/mol. The second-order valence-corrected chi connectivity index (χ2v) is 5.98. The van der Waals surface area contributed by atoms with E-state index in [9.17, 15) is 9.18 Å². The van der Waals surface area contributed by atoms with Gasteiger partial charge in [0.05, 0.1) is 0 Å². The number of nitrogens with zero attached hydrogens (tertiary/aromatic N) is 2. The SMILES string of the molecule is O=C(c1ncccc1Br)N(Cc1ccc(F)cc1)C1CC1. The molecule has 2 aromatic rings. The summed E-state index contributed by atoms with van der Waals surface area (Å²) in [5.41, 5.74) is 1.34. The van der Waals surface area contributed by atoms with Gasteiger partial charge in [-0.1, -0.05) is 12.1 Å². The van der Waals surface area contributed by atoms with Gasteiger partial charge in [-0.15, -0.1) is 0 Å². The lowest BCUT2D eigenvalue weighted by molar-refractivity contribution is 0.0723. The van der Waals surface area contributed by atoms with Gasteiger partial charge < -0.3 is 4.90 Å². The fourth-order valence-corrected chi connectivity index (χ4v) is 2.64. The third kappa shape index (κ3) is 3.29. The van der Waals surface area contributed by atoms with E-state index in [1.807, 2.05) is 11.0 Å². The molecule has 0 spiro atoms. The Hall–Kier alpha value is -1.75. The van der Waals surface area contributed by atoms with Crippen LogP contribution in [0, 0.1) is 5.82 Å². The maximum absolute atomic E-state index is 13.0. The zero-order chi connectivity index (χ0) is 14.8. The van der Waals surface area contributed by atoms with E-state index in [0.717, 1.165) is 18.4 Å². The summed E-state index contributed by atoms with van der Waals surface area (Å²) in [6, 6.07) is 10.1. The topological polar surface area (TPSA) is 33.2 Å². The Bertz CT molecular complexity index is 656. The fourth-order valence-electron chi connectivity index (χ4n) is 2.22. The average Bonchev–Trinajstić information content (AvgIpc) is 3.31. The maximum Gasteiger partial charge on any atom is 0.274 e. The molecular weight excluding hydrogens is 335 g/mol. The van der Waals surface area contributed by atoms with E-state index in [1.54, 1.807) is 24.4 Å². The van der Waals surface area contributed by atoms with Gasteiger partial charge >= 0.3 is 0 Å². The van der Waals surface area contributed by atoms with Gasteiger partial charge in [0.15, 0.2) is 0 Å². The minimum Gasteiger partial charge on any atom is -0.330 e. The first kappa shape index (κ1) is 14.2. The van der Waals surface area contributed by atoms with E-state index < -0.39 is 0 Å². The van der Waals surface area contributed by atoms with Crippen LogP contribution in [0.15, 0.2) is 47.1 Å². The van der Waals surface area contributed by atoms with Crippen LogP contribution < -0.4 is 0 Å². The molecule has 0 bridgehead atoms. The molecule has 0 radical (unpaired) electrons. The Labute approximate surface area is 130 Å². The van der Waals surface area contributed by atoms with Gasteiger partial charge in [-0.3, -0.25) is 4.79 Å². The molecule has 3 rings (SSSR count). The zero-order valence-corrected chi connectivity index (χ0v) is 12.9. The highest BCUT2D eigenvalue weighted by Gasteiger charge is 2.34. The van der Waals surface area contributed by atoms with E-state index in [4.69, 9.17) is 0 Å². The molecule has 0 atom stereocenters. The number of hydrogen-bond donors (Lipinski definition) is 0. The molecule has 1 amide bonds. The summed E-state index contributed by atoms with van der Waals surface area (Å²) < 4.78 is 13.7. The lowest BCUT2D eigenvalue weighted by Gasteiger charge is -2.22. The third-order valence-electron chi connectivity index (χ3n) is 3.48. The Morgan fingerprint density at radius 3 is 2.62 bits per heavy atom. The number of rotatable bonds is 4. The van der Waals surface area contributed by atoms with E-state index >= 15 is 0 Å². The van der Waals surface area contributed by atoms with Gasteiger partial charge in [0.2, 0.25) is 0 Å². The summed E-state index contributed by atoms with van der Waals surface area (Å²) in [6.07, 6.45) is 3.63. The molecule has 0 aliphatic heterocycles. The van der Waals surface area contributed by atoms with Crippen molar-refractivity contribution in [3.05, 3.63) is 64.1 Å². The number of hydrogen-bond acceptors (Lipinski definition) is 2. The summed E-state index contributed by atoms with van der Waals surface area (Å²) in [7, 11) is 0. The molecule has 1 aliphatic rings. The predicted octanol–water partition coefficient (Wildman–Crippen LogP) is 3.79. The van der Waals surface area contributed by atoms with Crippen LogP contribution in [0.3, 0.4) is 0 Å². The molecule has 0 N–H and O–H groups in total. The summed E-state index contributed by atoms with van der Waals surface area (Å²) in [4.78, 5) is 18.7. The lowest BCUT2D eigenvalue weighted by atomic mass is 10.2. The molecule has 1 saturated carbocycles. The summed E-state index contributed by atoms with van der Waals surface area (Å²) in [6.45, 7) is 0.479. The molecule has 5 heteroatoms. The molecule has 0 saturated heterocycles. The minimum absolute atomic E-state index is 0.0886. The van der Waals surface area contributed by atoms with Gasteiger partial charge in [-0.05, 0) is 58.6 Å². The van der Waals surface area contributed by atoms with Crippen molar-refractivity contribution >= 4 is 21.8 Å². The molecule has 0 unspecified atom stereocenters. The van der Waals surface area contributed by atoms with Crippen molar-refractivity contribution in [1.82, 2.24) is 9.88 Å². The van der Waals surface area contributed by atoms with Crippen LogP contribution in [0.2, 0.25) is 0 Å². The maximum atomic E-state index is 13.0. The first-order chi connectivity index (χ1) is 10.1. The molecule has 21 heavy (non-hydrogen) atoms. The van der Waals surface area contributed by atoms with Gasteiger partial charge in [0.25, 0.3) is 5.91 Å².